The fourth-order valence-corrected chi connectivity index (χ4v) is 2.46. The average molecular weight is 356 g/mol. The van der Waals surface area contributed by atoms with Gasteiger partial charge in [0.15, 0.2) is 0 Å². The number of halogens is 2. The Bertz CT molecular complexity index is 604. The number of rotatable bonds is 5. The summed E-state index contributed by atoms with van der Waals surface area (Å²) >= 11 is 9.41. The van der Waals surface area contributed by atoms with Crippen molar-refractivity contribution < 1.29 is 0 Å². The molecule has 0 radical (unpaired) electrons. The zero-order valence-electron chi connectivity index (χ0n) is 11.4. The molecule has 0 amide bonds. The lowest BCUT2D eigenvalue weighted by Gasteiger charge is -2.11. The second kappa shape index (κ2) is 6.90. The Hall–Kier alpha value is -1.33. The topological polar surface area (TPSA) is 49.8 Å². The molecular weight excluding hydrogens is 340 g/mol. The van der Waals surface area contributed by atoms with E-state index in [9.17, 15) is 0 Å². The van der Waals surface area contributed by atoms with Gasteiger partial charge >= 0.3 is 0 Å². The van der Waals surface area contributed by atoms with Crippen molar-refractivity contribution in [1.29, 1.82) is 0 Å². The summed E-state index contributed by atoms with van der Waals surface area (Å²) in [5.41, 5.74) is 1.82. The Morgan fingerprint density at radius 2 is 2.05 bits per heavy atom. The largest absolute Gasteiger partial charge is 0.354 e. The Labute approximate surface area is 132 Å². The minimum atomic E-state index is 0.638. The summed E-state index contributed by atoms with van der Waals surface area (Å²) in [4.78, 5) is 8.80. The van der Waals surface area contributed by atoms with Crippen LogP contribution >= 0.6 is 27.5 Å². The average Bonchev–Trinajstić information content (AvgIpc) is 2.39. The van der Waals surface area contributed by atoms with Gasteiger partial charge in [0.05, 0.1) is 5.69 Å². The molecule has 0 saturated carbocycles. The zero-order chi connectivity index (χ0) is 14.5. The first-order chi connectivity index (χ1) is 9.58. The van der Waals surface area contributed by atoms with Crippen molar-refractivity contribution in [3.05, 3.63) is 39.5 Å². The molecule has 4 nitrogen and oxygen atoms in total. The van der Waals surface area contributed by atoms with Crippen molar-refractivity contribution in [3.63, 3.8) is 0 Å². The standard InChI is InChI=1S/C14H16BrClN4/c1-3-6-17-14-18-9(2)7-13(20-14)19-12-5-4-10(16)8-11(12)15/h4-5,7-8H,3,6H2,1-2H3,(H2,17,18,19,20). The summed E-state index contributed by atoms with van der Waals surface area (Å²) in [5.74, 6) is 1.39. The molecule has 6 heteroatoms. The molecule has 2 rings (SSSR count). The molecule has 0 aliphatic heterocycles. The zero-order valence-corrected chi connectivity index (χ0v) is 13.7. The highest BCUT2D eigenvalue weighted by Gasteiger charge is 2.05. The molecule has 1 heterocycles. The predicted molar refractivity (Wildman–Crippen MR) is 88.0 cm³/mol. The summed E-state index contributed by atoms with van der Waals surface area (Å²) in [5, 5.41) is 7.14. The Morgan fingerprint density at radius 3 is 2.75 bits per heavy atom. The maximum absolute atomic E-state index is 5.93. The van der Waals surface area contributed by atoms with Gasteiger partial charge in [0.25, 0.3) is 0 Å². The summed E-state index contributed by atoms with van der Waals surface area (Å²) in [6, 6.07) is 7.48. The Kier molecular flexibility index (Phi) is 5.20. The number of aryl methyl sites for hydroxylation is 1. The summed E-state index contributed by atoms with van der Waals surface area (Å²) in [6.45, 7) is 4.90. The van der Waals surface area contributed by atoms with E-state index in [0.717, 1.165) is 34.6 Å². The molecular formula is C14H16BrClN4. The molecule has 20 heavy (non-hydrogen) atoms. The van der Waals surface area contributed by atoms with Gasteiger partial charge in [-0.05, 0) is 47.5 Å². The van der Waals surface area contributed by atoms with Crippen molar-refractivity contribution in [1.82, 2.24) is 9.97 Å². The van der Waals surface area contributed by atoms with Gasteiger partial charge in [-0.3, -0.25) is 0 Å². The van der Waals surface area contributed by atoms with Gasteiger partial charge in [-0.2, -0.15) is 4.98 Å². The maximum Gasteiger partial charge on any atom is 0.224 e. The van der Waals surface area contributed by atoms with Crippen molar-refractivity contribution in [2.45, 2.75) is 20.3 Å². The minimum absolute atomic E-state index is 0.638. The summed E-state index contributed by atoms with van der Waals surface area (Å²) in [7, 11) is 0. The number of hydrogen-bond acceptors (Lipinski definition) is 4. The van der Waals surface area contributed by atoms with E-state index >= 15 is 0 Å². The summed E-state index contributed by atoms with van der Waals surface area (Å²) < 4.78 is 0.893. The normalized spacial score (nSPS) is 10.4. The molecule has 106 valence electrons. The second-order valence-electron chi connectivity index (χ2n) is 4.39. The van der Waals surface area contributed by atoms with Crippen LogP contribution in [-0.2, 0) is 0 Å². The van der Waals surface area contributed by atoms with Crippen LogP contribution in [0.2, 0.25) is 5.02 Å². The monoisotopic (exact) mass is 354 g/mol. The highest BCUT2D eigenvalue weighted by molar-refractivity contribution is 9.10. The van der Waals surface area contributed by atoms with E-state index < -0.39 is 0 Å². The van der Waals surface area contributed by atoms with Gasteiger partial charge < -0.3 is 10.6 Å². The first-order valence-electron chi connectivity index (χ1n) is 6.40. The third kappa shape index (κ3) is 4.08. The van der Waals surface area contributed by atoms with Crippen molar-refractivity contribution in [2.75, 3.05) is 17.2 Å². The predicted octanol–water partition coefficient (Wildman–Crippen LogP) is 4.77. The van der Waals surface area contributed by atoms with Crippen molar-refractivity contribution in [3.8, 4) is 0 Å². The van der Waals surface area contributed by atoms with Crippen molar-refractivity contribution in [2.24, 2.45) is 0 Å². The third-order valence-electron chi connectivity index (χ3n) is 2.58. The molecule has 2 N–H and O–H groups in total. The molecule has 0 aliphatic carbocycles. The van der Waals surface area contributed by atoms with E-state index in [1.54, 1.807) is 0 Å². The first kappa shape index (κ1) is 15.1. The van der Waals surface area contributed by atoms with Gasteiger partial charge in [-0.15, -0.1) is 0 Å². The molecule has 0 bridgehead atoms. The SMILES string of the molecule is CCCNc1nc(C)cc(Nc2ccc(Cl)cc2Br)n1. The van der Waals surface area contributed by atoms with Gasteiger partial charge in [-0.1, -0.05) is 18.5 Å². The van der Waals surface area contributed by atoms with Crippen LogP contribution < -0.4 is 10.6 Å². The van der Waals surface area contributed by atoms with Crippen LogP contribution in [0.5, 0.6) is 0 Å². The van der Waals surface area contributed by atoms with E-state index in [-0.39, 0.29) is 0 Å². The van der Waals surface area contributed by atoms with Gasteiger partial charge in [0.1, 0.15) is 5.82 Å². The maximum atomic E-state index is 5.93. The molecule has 0 atom stereocenters. The number of aromatic nitrogens is 2. The third-order valence-corrected chi connectivity index (χ3v) is 3.47. The van der Waals surface area contributed by atoms with Crippen LogP contribution in [0.1, 0.15) is 19.0 Å². The number of hydrogen-bond donors (Lipinski definition) is 2. The number of nitrogens with one attached hydrogen (secondary N) is 2. The first-order valence-corrected chi connectivity index (χ1v) is 7.57. The van der Waals surface area contributed by atoms with Crippen LogP contribution in [0.4, 0.5) is 17.5 Å². The lowest BCUT2D eigenvalue weighted by Crippen LogP contribution is -2.07. The van der Waals surface area contributed by atoms with Crippen LogP contribution in [0.25, 0.3) is 0 Å². The number of nitrogens with zero attached hydrogens (tertiary/aromatic N) is 2. The van der Waals surface area contributed by atoms with Crippen molar-refractivity contribution >= 4 is 45.0 Å². The van der Waals surface area contributed by atoms with E-state index in [1.165, 1.54) is 0 Å². The Morgan fingerprint density at radius 1 is 1.25 bits per heavy atom. The summed E-state index contributed by atoms with van der Waals surface area (Å²) in [6.07, 6.45) is 1.03. The lowest BCUT2D eigenvalue weighted by atomic mass is 10.3. The number of anilines is 3. The van der Waals surface area contributed by atoms with E-state index in [0.29, 0.717) is 11.0 Å². The molecule has 0 spiro atoms. The molecule has 1 aromatic carbocycles. The van der Waals surface area contributed by atoms with Gasteiger partial charge in [-0.25, -0.2) is 4.98 Å². The molecule has 1 aromatic heterocycles. The highest BCUT2D eigenvalue weighted by atomic mass is 79.9. The fourth-order valence-electron chi connectivity index (χ4n) is 1.68. The number of benzene rings is 1. The van der Waals surface area contributed by atoms with Gasteiger partial charge in [0.2, 0.25) is 5.95 Å². The van der Waals surface area contributed by atoms with Crippen LogP contribution in [0.15, 0.2) is 28.7 Å². The second-order valence-corrected chi connectivity index (χ2v) is 5.68. The molecule has 2 aromatic rings. The molecule has 0 unspecified atom stereocenters. The molecule has 0 aliphatic rings. The van der Waals surface area contributed by atoms with Gasteiger partial charge in [0, 0.05) is 27.8 Å². The molecule has 0 fully saturated rings. The molecule has 0 saturated heterocycles. The Balaban J connectivity index is 2.21. The van der Waals surface area contributed by atoms with E-state index in [1.807, 2.05) is 31.2 Å². The van der Waals surface area contributed by atoms with E-state index in [2.05, 4.69) is 43.5 Å². The van der Waals surface area contributed by atoms with Crippen LogP contribution in [-0.4, -0.2) is 16.5 Å². The van der Waals surface area contributed by atoms with E-state index in [4.69, 9.17) is 11.6 Å². The fraction of sp³-hybridized carbons (Fsp3) is 0.286. The minimum Gasteiger partial charge on any atom is -0.354 e. The van der Waals surface area contributed by atoms with Crippen LogP contribution in [0.3, 0.4) is 0 Å². The quantitative estimate of drug-likeness (QED) is 0.811. The smallest absolute Gasteiger partial charge is 0.224 e. The highest BCUT2D eigenvalue weighted by Crippen LogP contribution is 2.28. The van der Waals surface area contributed by atoms with Crippen LogP contribution in [0, 0.1) is 6.92 Å². The lowest BCUT2D eigenvalue weighted by molar-refractivity contribution is 0.947.